The van der Waals surface area contributed by atoms with Crippen molar-refractivity contribution in [1.29, 1.82) is 0 Å². The fourth-order valence-corrected chi connectivity index (χ4v) is 0.888. The number of carboxylic acid groups (broad SMARTS) is 1. The number of aliphatic carboxylic acids is 1. The van der Waals surface area contributed by atoms with Crippen LogP contribution < -0.4 is 0 Å². The van der Waals surface area contributed by atoms with Gasteiger partial charge in [-0.3, -0.25) is 4.79 Å². The van der Waals surface area contributed by atoms with Crippen molar-refractivity contribution in [2.75, 3.05) is 0 Å². The van der Waals surface area contributed by atoms with E-state index in [1.165, 1.54) is 12.3 Å². The lowest BCUT2D eigenvalue weighted by Gasteiger charge is -2.03. The van der Waals surface area contributed by atoms with Crippen LogP contribution in [0.4, 0.5) is 0 Å². The third-order valence-corrected chi connectivity index (χ3v) is 1.62. The number of carbonyl (C=O) groups is 2. The van der Waals surface area contributed by atoms with Crippen LogP contribution in [-0.2, 0) is 4.79 Å². The van der Waals surface area contributed by atoms with Crippen molar-refractivity contribution in [3.63, 3.8) is 0 Å². The molecule has 1 heterocycles. The predicted molar refractivity (Wildman–Crippen MR) is 48.1 cm³/mol. The van der Waals surface area contributed by atoms with Crippen LogP contribution in [0.2, 0.25) is 0 Å². The van der Waals surface area contributed by atoms with Crippen LogP contribution in [0.25, 0.3) is 0 Å². The maximum atomic E-state index is 11.0. The molecule has 1 aromatic rings. The second kappa shape index (κ2) is 3.95. The molecule has 1 rings (SSSR count). The summed E-state index contributed by atoms with van der Waals surface area (Å²) in [7, 11) is 0. The zero-order valence-corrected chi connectivity index (χ0v) is 7.89. The van der Waals surface area contributed by atoms with E-state index in [2.05, 4.69) is 9.97 Å². The summed E-state index contributed by atoms with van der Waals surface area (Å²) >= 11 is 0. The Labute approximate surface area is 80.8 Å². The number of aromatic nitrogens is 2. The van der Waals surface area contributed by atoms with E-state index < -0.39 is 11.8 Å². The van der Waals surface area contributed by atoms with E-state index in [9.17, 15) is 9.59 Å². The first-order chi connectivity index (χ1) is 6.52. The minimum atomic E-state index is -1.50. The second-order valence-corrected chi connectivity index (χ2v) is 3.09. The van der Waals surface area contributed by atoms with Gasteiger partial charge in [-0.05, 0) is 6.07 Å². The van der Waals surface area contributed by atoms with Crippen molar-refractivity contribution in [3.05, 3.63) is 23.8 Å². The molecule has 1 aromatic heterocycles. The van der Waals surface area contributed by atoms with Crippen molar-refractivity contribution in [1.82, 2.24) is 9.97 Å². The topological polar surface area (TPSA) is 80.2 Å². The van der Waals surface area contributed by atoms with Gasteiger partial charge in [0.1, 0.15) is 11.5 Å². The molecule has 0 aromatic carbocycles. The Bertz CT molecular complexity index is 374. The summed E-state index contributed by atoms with van der Waals surface area (Å²) in [6.07, 6.45) is 1.39. The monoisotopic (exact) mass is 194 g/mol. The molecular formula is C9H10N2O3. The van der Waals surface area contributed by atoms with E-state index in [1.54, 1.807) is 0 Å². The molecule has 0 aliphatic heterocycles. The number of hydrogen-bond acceptors (Lipinski definition) is 4. The molecule has 0 fully saturated rings. The number of ketones is 1. The summed E-state index contributed by atoms with van der Waals surface area (Å²) in [4.78, 5) is 29.2. The number of rotatable bonds is 3. The third-order valence-electron chi connectivity index (χ3n) is 1.62. The maximum absolute atomic E-state index is 11.0. The fraction of sp³-hybridized carbons (Fsp3) is 0.333. The van der Waals surface area contributed by atoms with Gasteiger partial charge < -0.3 is 5.11 Å². The molecule has 5 nitrogen and oxygen atoms in total. The van der Waals surface area contributed by atoms with Gasteiger partial charge in [0.2, 0.25) is 0 Å². The van der Waals surface area contributed by atoms with Crippen LogP contribution in [0, 0.1) is 0 Å². The van der Waals surface area contributed by atoms with Gasteiger partial charge in [-0.15, -0.1) is 0 Å². The van der Waals surface area contributed by atoms with Crippen LogP contribution in [0.3, 0.4) is 0 Å². The van der Waals surface area contributed by atoms with Crippen molar-refractivity contribution >= 4 is 11.8 Å². The van der Waals surface area contributed by atoms with Crippen molar-refractivity contribution < 1.29 is 14.7 Å². The highest BCUT2D eigenvalue weighted by molar-refractivity contribution is 6.39. The molecule has 5 heteroatoms. The van der Waals surface area contributed by atoms with Crippen LogP contribution in [0.5, 0.6) is 0 Å². The molecule has 1 N–H and O–H groups in total. The van der Waals surface area contributed by atoms with Gasteiger partial charge in [0.25, 0.3) is 5.78 Å². The average Bonchev–Trinajstić information content (AvgIpc) is 2.16. The molecule has 0 unspecified atom stereocenters. The molecule has 74 valence electrons. The molecule has 0 bridgehead atoms. The summed E-state index contributed by atoms with van der Waals surface area (Å²) in [6.45, 7) is 3.73. The van der Waals surface area contributed by atoms with Crippen LogP contribution in [0.15, 0.2) is 12.3 Å². The van der Waals surface area contributed by atoms with Gasteiger partial charge in [0, 0.05) is 12.1 Å². The Morgan fingerprint density at radius 2 is 2.07 bits per heavy atom. The predicted octanol–water partition coefficient (Wildman–Crippen LogP) is 0.867. The quantitative estimate of drug-likeness (QED) is 0.570. The molecule has 0 aliphatic rings. The normalized spacial score (nSPS) is 10.2. The first kappa shape index (κ1) is 10.3. The molecule has 0 saturated carbocycles. The van der Waals surface area contributed by atoms with Crippen LogP contribution in [0.1, 0.15) is 36.1 Å². The molecule has 0 atom stereocenters. The van der Waals surface area contributed by atoms with Crippen molar-refractivity contribution in [3.8, 4) is 0 Å². The lowest BCUT2D eigenvalue weighted by Crippen LogP contribution is -2.15. The molecule has 0 aliphatic carbocycles. The van der Waals surface area contributed by atoms with E-state index in [0.29, 0.717) is 5.82 Å². The third kappa shape index (κ3) is 2.12. The van der Waals surface area contributed by atoms with E-state index >= 15 is 0 Å². The second-order valence-electron chi connectivity index (χ2n) is 3.09. The fourth-order valence-electron chi connectivity index (χ4n) is 0.888. The largest absolute Gasteiger partial charge is 0.475 e. The van der Waals surface area contributed by atoms with Crippen LogP contribution in [-0.4, -0.2) is 26.8 Å². The van der Waals surface area contributed by atoms with Gasteiger partial charge in [0.05, 0.1) is 0 Å². The van der Waals surface area contributed by atoms with Gasteiger partial charge >= 0.3 is 5.97 Å². The highest BCUT2D eigenvalue weighted by Gasteiger charge is 2.17. The van der Waals surface area contributed by atoms with Crippen molar-refractivity contribution in [2.45, 2.75) is 19.8 Å². The summed E-state index contributed by atoms with van der Waals surface area (Å²) in [6, 6.07) is 1.29. The van der Waals surface area contributed by atoms with E-state index in [4.69, 9.17) is 5.11 Å². The van der Waals surface area contributed by atoms with E-state index in [0.717, 1.165) is 0 Å². The average molecular weight is 194 g/mol. The number of hydrogen-bond donors (Lipinski definition) is 1. The lowest BCUT2D eigenvalue weighted by atomic mass is 10.2. The van der Waals surface area contributed by atoms with Gasteiger partial charge in [-0.25, -0.2) is 14.8 Å². The smallest absolute Gasteiger partial charge is 0.378 e. The molecule has 0 amide bonds. The highest BCUT2D eigenvalue weighted by atomic mass is 16.4. The Kier molecular flexibility index (Phi) is 2.91. The van der Waals surface area contributed by atoms with Gasteiger partial charge in [-0.2, -0.15) is 0 Å². The molecule has 14 heavy (non-hydrogen) atoms. The standard InChI is InChI=1S/C9H10N2O3/c1-5(2)8-10-4-3-6(11-8)7(12)9(13)14/h3-5H,1-2H3,(H,13,14). The number of carbonyl (C=O) groups excluding carboxylic acids is 1. The number of carboxylic acids is 1. The summed E-state index contributed by atoms with van der Waals surface area (Å²) in [5.41, 5.74) is -0.0730. The summed E-state index contributed by atoms with van der Waals surface area (Å²) in [5.74, 6) is -1.97. The first-order valence-electron chi connectivity index (χ1n) is 4.13. The van der Waals surface area contributed by atoms with Crippen molar-refractivity contribution in [2.24, 2.45) is 0 Å². The summed E-state index contributed by atoms with van der Waals surface area (Å²) in [5, 5.41) is 8.45. The highest BCUT2D eigenvalue weighted by Crippen LogP contribution is 2.08. The number of Topliss-reactive ketones (excluding diaryl/α,β-unsaturated/α-hetero) is 1. The zero-order chi connectivity index (χ0) is 10.7. The van der Waals surface area contributed by atoms with Crippen LogP contribution >= 0.6 is 0 Å². The van der Waals surface area contributed by atoms with E-state index in [1.807, 2.05) is 13.8 Å². The first-order valence-corrected chi connectivity index (χ1v) is 4.13. The Hall–Kier alpha value is -1.78. The Balaban J connectivity index is 3.06. The molecule has 0 radical (unpaired) electrons. The molecular weight excluding hydrogens is 184 g/mol. The molecule has 0 spiro atoms. The van der Waals surface area contributed by atoms with Gasteiger partial charge in [-0.1, -0.05) is 13.8 Å². The zero-order valence-electron chi connectivity index (χ0n) is 7.89. The summed E-state index contributed by atoms with van der Waals surface area (Å²) < 4.78 is 0. The van der Waals surface area contributed by atoms with E-state index in [-0.39, 0.29) is 11.6 Å². The minimum Gasteiger partial charge on any atom is -0.475 e. The number of nitrogens with zero attached hydrogens (tertiary/aromatic N) is 2. The lowest BCUT2D eigenvalue weighted by molar-refractivity contribution is -0.131. The minimum absolute atomic E-state index is 0.0662. The van der Waals surface area contributed by atoms with Gasteiger partial charge in [0.15, 0.2) is 0 Å². The SMILES string of the molecule is CC(C)c1nccc(C(=O)C(=O)O)n1. The Morgan fingerprint density at radius 1 is 1.43 bits per heavy atom. The Morgan fingerprint density at radius 3 is 2.57 bits per heavy atom. The molecule has 0 saturated heterocycles. The maximum Gasteiger partial charge on any atom is 0.378 e.